The molecule has 1 aromatic rings. The van der Waals surface area contributed by atoms with Crippen molar-refractivity contribution in [3.63, 3.8) is 0 Å². The van der Waals surface area contributed by atoms with Gasteiger partial charge < -0.3 is 10.6 Å². The second kappa shape index (κ2) is 6.27. The lowest BCUT2D eigenvalue weighted by molar-refractivity contribution is -0.123. The molecule has 0 unspecified atom stereocenters. The van der Waals surface area contributed by atoms with Gasteiger partial charge in [0.1, 0.15) is 0 Å². The van der Waals surface area contributed by atoms with Crippen LogP contribution >= 0.6 is 15.9 Å². The Labute approximate surface area is 103 Å². The van der Waals surface area contributed by atoms with Crippen LogP contribution in [-0.4, -0.2) is 18.4 Å². The summed E-state index contributed by atoms with van der Waals surface area (Å²) in [7, 11) is 0. The third-order valence-electron chi connectivity index (χ3n) is 1.90. The van der Waals surface area contributed by atoms with Crippen molar-refractivity contribution in [3.05, 3.63) is 28.7 Å². The minimum Gasteiger partial charge on any atom is -0.347 e. The van der Waals surface area contributed by atoms with Gasteiger partial charge in [0.15, 0.2) is 0 Å². The summed E-state index contributed by atoms with van der Waals surface area (Å²) in [6.45, 7) is 1.74. The van der Waals surface area contributed by atoms with Crippen molar-refractivity contribution in [2.75, 3.05) is 11.9 Å². The van der Waals surface area contributed by atoms with Gasteiger partial charge in [0.25, 0.3) is 0 Å². The van der Waals surface area contributed by atoms with Gasteiger partial charge >= 0.3 is 0 Å². The molecule has 0 fully saturated rings. The molecule has 0 aliphatic carbocycles. The Kier molecular flexibility index (Phi) is 4.98. The van der Waals surface area contributed by atoms with Crippen LogP contribution in [0.4, 0.5) is 5.69 Å². The molecule has 0 aromatic heterocycles. The van der Waals surface area contributed by atoms with Crippen molar-refractivity contribution < 1.29 is 9.59 Å². The van der Waals surface area contributed by atoms with E-state index in [9.17, 15) is 9.59 Å². The van der Waals surface area contributed by atoms with Crippen LogP contribution in [0.1, 0.15) is 13.3 Å². The molecule has 2 amide bonds. The highest BCUT2D eigenvalue weighted by molar-refractivity contribution is 9.10. The topological polar surface area (TPSA) is 58.2 Å². The smallest absolute Gasteiger partial charge is 0.243 e. The normalized spacial score (nSPS) is 9.62. The van der Waals surface area contributed by atoms with E-state index < -0.39 is 0 Å². The predicted molar refractivity (Wildman–Crippen MR) is 66.1 cm³/mol. The summed E-state index contributed by atoms with van der Waals surface area (Å²) in [6, 6.07) is 7.23. The van der Waals surface area contributed by atoms with Gasteiger partial charge in [-0.25, -0.2) is 0 Å². The maximum absolute atomic E-state index is 11.4. The van der Waals surface area contributed by atoms with E-state index in [0.717, 1.165) is 4.47 Å². The summed E-state index contributed by atoms with van der Waals surface area (Å²) in [4.78, 5) is 22.3. The quantitative estimate of drug-likeness (QED) is 0.888. The monoisotopic (exact) mass is 284 g/mol. The molecule has 86 valence electrons. The molecule has 16 heavy (non-hydrogen) atoms. The van der Waals surface area contributed by atoms with Crippen molar-refractivity contribution in [3.8, 4) is 0 Å². The van der Waals surface area contributed by atoms with E-state index >= 15 is 0 Å². The lowest BCUT2D eigenvalue weighted by Gasteiger charge is -2.06. The molecular formula is C11H13BrN2O2. The molecule has 0 saturated carbocycles. The average molecular weight is 285 g/mol. The Morgan fingerprint density at radius 3 is 2.38 bits per heavy atom. The second-order valence-corrected chi connectivity index (χ2v) is 4.10. The van der Waals surface area contributed by atoms with Crippen LogP contribution in [0.2, 0.25) is 0 Å². The first-order chi connectivity index (χ1) is 7.61. The van der Waals surface area contributed by atoms with Gasteiger partial charge in [-0.1, -0.05) is 22.9 Å². The number of amides is 2. The Balaban J connectivity index is 2.40. The van der Waals surface area contributed by atoms with Gasteiger partial charge in [-0.2, -0.15) is 0 Å². The lowest BCUT2D eigenvalue weighted by atomic mass is 10.3. The number of rotatable bonds is 4. The molecule has 0 spiro atoms. The maximum atomic E-state index is 11.4. The van der Waals surface area contributed by atoms with Gasteiger partial charge in [-0.05, 0) is 24.3 Å². The first-order valence-electron chi connectivity index (χ1n) is 4.94. The van der Waals surface area contributed by atoms with Crippen LogP contribution in [0, 0.1) is 0 Å². The number of carbonyl (C=O) groups is 2. The first kappa shape index (κ1) is 12.7. The fourth-order valence-corrected chi connectivity index (χ4v) is 1.31. The van der Waals surface area contributed by atoms with E-state index in [2.05, 4.69) is 26.6 Å². The highest BCUT2D eigenvalue weighted by atomic mass is 79.9. The zero-order chi connectivity index (χ0) is 12.0. The summed E-state index contributed by atoms with van der Waals surface area (Å²) in [5.41, 5.74) is 0.707. The maximum Gasteiger partial charge on any atom is 0.243 e. The SMILES string of the molecule is CCC(=O)NCC(=O)Nc1ccc(Br)cc1. The molecule has 0 radical (unpaired) electrons. The van der Waals surface area contributed by atoms with Crippen LogP contribution in [0.15, 0.2) is 28.7 Å². The van der Waals surface area contributed by atoms with Crippen LogP contribution in [0.25, 0.3) is 0 Å². The number of carbonyl (C=O) groups excluding carboxylic acids is 2. The molecule has 0 aliphatic heterocycles. The largest absolute Gasteiger partial charge is 0.347 e. The van der Waals surface area contributed by atoms with Crippen LogP contribution in [-0.2, 0) is 9.59 Å². The fourth-order valence-electron chi connectivity index (χ4n) is 1.04. The van der Waals surface area contributed by atoms with Gasteiger partial charge in [-0.15, -0.1) is 0 Å². The molecule has 0 aliphatic rings. The van der Waals surface area contributed by atoms with Gasteiger partial charge in [0, 0.05) is 16.6 Å². The molecule has 4 nitrogen and oxygen atoms in total. The Morgan fingerprint density at radius 2 is 1.81 bits per heavy atom. The number of hydrogen-bond acceptors (Lipinski definition) is 2. The fraction of sp³-hybridized carbons (Fsp3) is 0.273. The summed E-state index contributed by atoms with van der Waals surface area (Å²) in [6.07, 6.45) is 0.381. The zero-order valence-electron chi connectivity index (χ0n) is 8.92. The molecule has 2 N–H and O–H groups in total. The highest BCUT2D eigenvalue weighted by Gasteiger charge is 2.03. The van der Waals surface area contributed by atoms with E-state index in [1.54, 1.807) is 19.1 Å². The van der Waals surface area contributed by atoms with E-state index in [1.807, 2.05) is 12.1 Å². The highest BCUT2D eigenvalue weighted by Crippen LogP contribution is 2.13. The molecule has 1 aromatic carbocycles. The van der Waals surface area contributed by atoms with Crippen molar-refractivity contribution in [1.82, 2.24) is 5.32 Å². The van der Waals surface area contributed by atoms with E-state index in [-0.39, 0.29) is 18.4 Å². The number of hydrogen-bond donors (Lipinski definition) is 2. The van der Waals surface area contributed by atoms with E-state index in [1.165, 1.54) is 0 Å². The van der Waals surface area contributed by atoms with E-state index in [0.29, 0.717) is 12.1 Å². The first-order valence-corrected chi connectivity index (χ1v) is 5.73. The van der Waals surface area contributed by atoms with Crippen molar-refractivity contribution in [2.45, 2.75) is 13.3 Å². The third-order valence-corrected chi connectivity index (χ3v) is 2.42. The molecule has 0 saturated heterocycles. The van der Waals surface area contributed by atoms with Crippen LogP contribution in [0.5, 0.6) is 0 Å². The standard InChI is InChI=1S/C11H13BrN2O2/c1-2-10(15)13-7-11(16)14-9-5-3-8(12)4-6-9/h3-6H,2,7H2,1H3,(H,13,15)(H,14,16). The lowest BCUT2D eigenvalue weighted by Crippen LogP contribution is -2.32. The zero-order valence-corrected chi connectivity index (χ0v) is 10.5. The summed E-state index contributed by atoms with van der Waals surface area (Å²) < 4.78 is 0.949. The Bertz CT molecular complexity index is 376. The molecule has 5 heteroatoms. The van der Waals surface area contributed by atoms with Crippen LogP contribution < -0.4 is 10.6 Å². The average Bonchev–Trinajstić information content (AvgIpc) is 2.29. The molecule has 0 atom stereocenters. The van der Waals surface area contributed by atoms with Gasteiger partial charge in [-0.3, -0.25) is 9.59 Å². The number of halogens is 1. The molecule has 0 heterocycles. The van der Waals surface area contributed by atoms with Gasteiger partial charge in [0.2, 0.25) is 11.8 Å². The van der Waals surface area contributed by atoms with Crippen LogP contribution in [0.3, 0.4) is 0 Å². The van der Waals surface area contributed by atoms with Crippen molar-refractivity contribution in [2.24, 2.45) is 0 Å². The minimum absolute atomic E-state index is 0.00272. The second-order valence-electron chi connectivity index (χ2n) is 3.19. The number of anilines is 1. The predicted octanol–water partition coefficient (Wildman–Crippen LogP) is 1.91. The molecule has 1 rings (SSSR count). The van der Waals surface area contributed by atoms with Gasteiger partial charge in [0.05, 0.1) is 6.54 Å². The molecule has 0 bridgehead atoms. The third kappa shape index (κ3) is 4.44. The summed E-state index contributed by atoms with van der Waals surface area (Å²) in [5.74, 6) is -0.366. The summed E-state index contributed by atoms with van der Waals surface area (Å²) >= 11 is 3.30. The van der Waals surface area contributed by atoms with Crippen molar-refractivity contribution >= 4 is 33.4 Å². The van der Waals surface area contributed by atoms with Crippen molar-refractivity contribution in [1.29, 1.82) is 0 Å². The number of benzene rings is 1. The Morgan fingerprint density at radius 1 is 1.19 bits per heavy atom. The van der Waals surface area contributed by atoms with E-state index in [4.69, 9.17) is 0 Å². The molecular weight excluding hydrogens is 272 g/mol. The number of nitrogens with one attached hydrogen (secondary N) is 2. The Hall–Kier alpha value is -1.36. The summed E-state index contributed by atoms with van der Waals surface area (Å²) in [5, 5.41) is 5.18. The minimum atomic E-state index is -0.232.